The molecule has 0 heterocycles. The van der Waals surface area contributed by atoms with Crippen molar-refractivity contribution in [1.29, 1.82) is 0 Å². The first kappa shape index (κ1) is 9.75. The van der Waals surface area contributed by atoms with Crippen molar-refractivity contribution in [2.24, 2.45) is 17.8 Å². The van der Waals surface area contributed by atoms with Crippen molar-refractivity contribution in [3.63, 3.8) is 0 Å². The molecule has 0 aromatic carbocycles. The van der Waals surface area contributed by atoms with Gasteiger partial charge in [0.15, 0.2) is 0 Å². The van der Waals surface area contributed by atoms with Crippen LogP contribution >= 0.6 is 0 Å². The number of carbonyl (C=O) groups is 1. The average molecular weight is 194 g/mol. The van der Waals surface area contributed by atoms with E-state index in [1.807, 2.05) is 0 Å². The Morgan fingerprint density at radius 2 is 1.79 bits per heavy atom. The topological polar surface area (TPSA) is 37.3 Å². The summed E-state index contributed by atoms with van der Waals surface area (Å²) in [5, 5.41) is 9.10. The lowest BCUT2D eigenvalue weighted by atomic mass is 9.74. The number of carboxylic acids is 1. The lowest BCUT2D eigenvalue weighted by Gasteiger charge is -2.30. The predicted octanol–water partition coefficient (Wildman–Crippen LogP) is 2.84. The fourth-order valence-corrected chi connectivity index (χ4v) is 3.29. The van der Waals surface area contributed by atoms with Crippen molar-refractivity contribution in [2.45, 2.75) is 39.5 Å². The molecule has 0 amide bonds. The number of hydrogen-bond donors (Lipinski definition) is 1. The first-order chi connectivity index (χ1) is 6.61. The summed E-state index contributed by atoms with van der Waals surface area (Å²) in [5.74, 6) is 1.26. The first-order valence-corrected chi connectivity index (χ1v) is 5.56. The Kier molecular flexibility index (Phi) is 2.38. The third-order valence-electron chi connectivity index (χ3n) is 3.99. The molecule has 78 valence electrons. The highest BCUT2D eigenvalue weighted by Crippen LogP contribution is 2.47. The van der Waals surface area contributed by atoms with E-state index in [0.29, 0.717) is 17.8 Å². The van der Waals surface area contributed by atoms with Gasteiger partial charge < -0.3 is 5.11 Å². The number of rotatable bonds is 1. The van der Waals surface area contributed by atoms with Crippen LogP contribution in [0.1, 0.15) is 39.5 Å². The first-order valence-electron chi connectivity index (χ1n) is 5.56. The second-order valence-corrected chi connectivity index (χ2v) is 4.87. The lowest BCUT2D eigenvalue weighted by Crippen LogP contribution is -2.23. The molecule has 2 rings (SSSR count). The van der Waals surface area contributed by atoms with E-state index >= 15 is 0 Å². The highest BCUT2D eigenvalue weighted by molar-refractivity contribution is 5.88. The minimum Gasteiger partial charge on any atom is -0.478 e. The number of carboxylic acid groups (broad SMARTS) is 1. The van der Waals surface area contributed by atoms with E-state index < -0.39 is 5.97 Å². The summed E-state index contributed by atoms with van der Waals surface area (Å²) in [5.41, 5.74) is 2.00. The fourth-order valence-electron chi connectivity index (χ4n) is 3.29. The SMILES string of the molecule is C[C@@H]1CCC(C(=O)O)=C2CC[C@H](C)[C@@H]21. The molecule has 0 unspecified atom stereocenters. The van der Waals surface area contributed by atoms with Crippen LogP contribution in [0.15, 0.2) is 11.1 Å². The van der Waals surface area contributed by atoms with Gasteiger partial charge >= 0.3 is 5.97 Å². The Balaban J connectivity index is 2.37. The van der Waals surface area contributed by atoms with Crippen LogP contribution < -0.4 is 0 Å². The van der Waals surface area contributed by atoms with Gasteiger partial charge in [-0.2, -0.15) is 0 Å². The lowest BCUT2D eigenvalue weighted by molar-refractivity contribution is -0.133. The molecule has 1 saturated carbocycles. The van der Waals surface area contributed by atoms with Crippen LogP contribution in [0.25, 0.3) is 0 Å². The maximum atomic E-state index is 11.1. The highest BCUT2D eigenvalue weighted by Gasteiger charge is 2.38. The summed E-state index contributed by atoms with van der Waals surface area (Å²) in [4.78, 5) is 11.1. The van der Waals surface area contributed by atoms with Crippen LogP contribution in [0.5, 0.6) is 0 Å². The minimum absolute atomic E-state index is 0.565. The summed E-state index contributed by atoms with van der Waals surface area (Å²) in [7, 11) is 0. The van der Waals surface area contributed by atoms with E-state index in [1.165, 1.54) is 12.0 Å². The minimum atomic E-state index is -0.675. The Morgan fingerprint density at radius 3 is 2.36 bits per heavy atom. The molecular weight excluding hydrogens is 176 g/mol. The molecule has 2 aliphatic carbocycles. The van der Waals surface area contributed by atoms with Gasteiger partial charge in [-0.05, 0) is 43.4 Å². The largest absolute Gasteiger partial charge is 0.478 e. The summed E-state index contributed by atoms with van der Waals surface area (Å²) in [6, 6.07) is 0. The Bertz CT molecular complexity index is 291. The molecule has 0 aromatic heterocycles. The summed E-state index contributed by atoms with van der Waals surface area (Å²) in [6.45, 7) is 4.53. The van der Waals surface area contributed by atoms with Gasteiger partial charge in [-0.25, -0.2) is 4.79 Å². The molecule has 14 heavy (non-hydrogen) atoms. The number of aliphatic carboxylic acids is 1. The normalized spacial score (nSPS) is 37.1. The third kappa shape index (κ3) is 1.37. The Labute approximate surface area is 85.0 Å². The molecule has 0 aliphatic heterocycles. The monoisotopic (exact) mass is 194 g/mol. The van der Waals surface area contributed by atoms with Crippen LogP contribution in [0.4, 0.5) is 0 Å². The third-order valence-corrected chi connectivity index (χ3v) is 3.99. The quantitative estimate of drug-likeness (QED) is 0.697. The molecule has 3 atom stereocenters. The molecule has 1 fully saturated rings. The summed E-state index contributed by atoms with van der Waals surface area (Å²) < 4.78 is 0. The molecule has 0 saturated heterocycles. The van der Waals surface area contributed by atoms with Crippen LogP contribution in [-0.2, 0) is 4.79 Å². The molecule has 0 bridgehead atoms. The van der Waals surface area contributed by atoms with Gasteiger partial charge in [-0.1, -0.05) is 19.4 Å². The number of fused-ring (bicyclic) bond motifs is 1. The van der Waals surface area contributed by atoms with Gasteiger partial charge in [-0.3, -0.25) is 0 Å². The second-order valence-electron chi connectivity index (χ2n) is 4.87. The smallest absolute Gasteiger partial charge is 0.331 e. The molecule has 1 N–H and O–H groups in total. The average Bonchev–Trinajstić information content (AvgIpc) is 2.49. The standard InChI is InChI=1S/C12H18O2/c1-7-3-5-9-10(12(13)14)6-4-8(2)11(7)9/h7-8,11H,3-6H2,1-2H3,(H,13,14)/t7-,8+,11+/m0/s1. The van der Waals surface area contributed by atoms with Crippen LogP contribution in [0.2, 0.25) is 0 Å². The van der Waals surface area contributed by atoms with Gasteiger partial charge in [0, 0.05) is 5.57 Å². The van der Waals surface area contributed by atoms with E-state index in [0.717, 1.165) is 24.8 Å². The zero-order valence-corrected chi connectivity index (χ0v) is 8.92. The van der Waals surface area contributed by atoms with E-state index in [-0.39, 0.29) is 0 Å². The Morgan fingerprint density at radius 1 is 1.21 bits per heavy atom. The van der Waals surface area contributed by atoms with Gasteiger partial charge in [0.25, 0.3) is 0 Å². The molecule has 0 aromatic rings. The van der Waals surface area contributed by atoms with Crippen LogP contribution in [-0.4, -0.2) is 11.1 Å². The zero-order chi connectivity index (χ0) is 10.3. The number of allylic oxidation sites excluding steroid dienone is 1. The van der Waals surface area contributed by atoms with Crippen molar-refractivity contribution >= 4 is 5.97 Å². The van der Waals surface area contributed by atoms with Gasteiger partial charge in [0.1, 0.15) is 0 Å². The molecule has 0 radical (unpaired) electrons. The molecule has 2 nitrogen and oxygen atoms in total. The van der Waals surface area contributed by atoms with Crippen LogP contribution in [0, 0.1) is 17.8 Å². The van der Waals surface area contributed by atoms with Gasteiger partial charge in [0.05, 0.1) is 0 Å². The van der Waals surface area contributed by atoms with Crippen molar-refractivity contribution in [2.75, 3.05) is 0 Å². The second kappa shape index (κ2) is 3.41. The Hall–Kier alpha value is -0.790. The van der Waals surface area contributed by atoms with E-state index in [4.69, 9.17) is 5.11 Å². The maximum absolute atomic E-state index is 11.1. The van der Waals surface area contributed by atoms with Crippen molar-refractivity contribution in [1.82, 2.24) is 0 Å². The molecule has 2 aliphatic rings. The summed E-state index contributed by atoms with van der Waals surface area (Å²) >= 11 is 0. The molecule has 2 heteroatoms. The highest BCUT2D eigenvalue weighted by atomic mass is 16.4. The van der Waals surface area contributed by atoms with E-state index in [2.05, 4.69) is 13.8 Å². The fraction of sp³-hybridized carbons (Fsp3) is 0.750. The maximum Gasteiger partial charge on any atom is 0.331 e. The van der Waals surface area contributed by atoms with Crippen molar-refractivity contribution < 1.29 is 9.90 Å². The van der Waals surface area contributed by atoms with Gasteiger partial charge in [0.2, 0.25) is 0 Å². The van der Waals surface area contributed by atoms with Gasteiger partial charge in [-0.15, -0.1) is 0 Å². The van der Waals surface area contributed by atoms with Crippen LogP contribution in [0.3, 0.4) is 0 Å². The van der Waals surface area contributed by atoms with E-state index in [9.17, 15) is 4.79 Å². The zero-order valence-electron chi connectivity index (χ0n) is 8.92. The van der Waals surface area contributed by atoms with Crippen molar-refractivity contribution in [3.05, 3.63) is 11.1 Å². The molecular formula is C12H18O2. The molecule has 0 spiro atoms. The van der Waals surface area contributed by atoms with Crippen molar-refractivity contribution in [3.8, 4) is 0 Å². The predicted molar refractivity (Wildman–Crippen MR) is 54.9 cm³/mol. The summed E-state index contributed by atoms with van der Waals surface area (Å²) in [6.07, 6.45) is 4.05. The van der Waals surface area contributed by atoms with E-state index in [1.54, 1.807) is 0 Å². The number of hydrogen-bond acceptors (Lipinski definition) is 1.